The zero-order valence-corrected chi connectivity index (χ0v) is 22.0. The maximum Gasteiger partial charge on any atom is 0.166 e. The Balaban J connectivity index is 1.46. The second kappa shape index (κ2) is 13.2. The molecule has 0 spiro atoms. The number of ether oxygens (including phenoxy) is 1. The predicted octanol–water partition coefficient (Wildman–Crippen LogP) is 9.93. The molecule has 0 bridgehead atoms. The molecule has 1 fully saturated rings. The summed E-state index contributed by atoms with van der Waals surface area (Å²) >= 11 is 0. The summed E-state index contributed by atoms with van der Waals surface area (Å²) in [6, 6.07) is 12.8. The summed E-state index contributed by atoms with van der Waals surface area (Å²) in [6.07, 6.45) is 10.1. The minimum absolute atomic E-state index is 0.0493. The van der Waals surface area contributed by atoms with E-state index in [4.69, 9.17) is 4.74 Å². The van der Waals surface area contributed by atoms with Crippen LogP contribution in [0.2, 0.25) is 0 Å². The molecule has 3 aromatic rings. The highest BCUT2D eigenvalue weighted by Crippen LogP contribution is 2.35. The Morgan fingerprint density at radius 1 is 0.737 bits per heavy atom. The van der Waals surface area contributed by atoms with Crippen LogP contribution in [-0.4, -0.2) is 12.7 Å². The third-order valence-corrected chi connectivity index (χ3v) is 7.59. The van der Waals surface area contributed by atoms with Crippen molar-refractivity contribution in [3.05, 3.63) is 95.6 Å². The first-order chi connectivity index (χ1) is 18.4. The average molecular weight is 525 g/mol. The largest absolute Gasteiger partial charge is 0.374 e. The molecule has 2 unspecified atom stereocenters. The fourth-order valence-corrected chi connectivity index (χ4v) is 5.24. The van der Waals surface area contributed by atoms with Gasteiger partial charge in [-0.1, -0.05) is 93.6 Å². The lowest BCUT2D eigenvalue weighted by Crippen LogP contribution is -2.23. The summed E-state index contributed by atoms with van der Waals surface area (Å²) in [6.45, 7) is 6.20. The van der Waals surface area contributed by atoms with Crippen LogP contribution in [0.3, 0.4) is 0 Å². The minimum atomic E-state index is -0.919. The number of rotatable bonds is 11. The van der Waals surface area contributed by atoms with Gasteiger partial charge in [0.15, 0.2) is 23.3 Å². The van der Waals surface area contributed by atoms with E-state index in [0.29, 0.717) is 41.7 Å². The van der Waals surface area contributed by atoms with Crippen LogP contribution < -0.4 is 0 Å². The van der Waals surface area contributed by atoms with Crippen LogP contribution in [0, 0.1) is 23.3 Å². The van der Waals surface area contributed by atoms with E-state index >= 15 is 8.78 Å². The predicted molar refractivity (Wildman–Crippen MR) is 146 cm³/mol. The van der Waals surface area contributed by atoms with Crippen LogP contribution in [0.25, 0.3) is 22.3 Å². The number of hydrogen-bond donors (Lipinski definition) is 0. The number of aryl methyl sites for hydroxylation is 1. The van der Waals surface area contributed by atoms with Gasteiger partial charge in [0.2, 0.25) is 0 Å². The molecule has 0 N–H and O–H groups in total. The Bertz CT molecular complexity index is 1230. The van der Waals surface area contributed by atoms with Crippen LogP contribution >= 0.6 is 0 Å². The summed E-state index contributed by atoms with van der Waals surface area (Å²) in [5, 5.41) is 0. The molecule has 2 atom stereocenters. The fraction of sp³-hybridized carbons (Fsp3) is 0.394. The smallest absolute Gasteiger partial charge is 0.166 e. The van der Waals surface area contributed by atoms with Crippen molar-refractivity contribution >= 4 is 0 Å². The highest BCUT2D eigenvalue weighted by molar-refractivity contribution is 5.71. The van der Waals surface area contributed by atoms with E-state index in [1.54, 1.807) is 54.6 Å². The highest BCUT2D eigenvalue weighted by atomic mass is 19.2. The lowest BCUT2D eigenvalue weighted by molar-refractivity contribution is 0.0320. The van der Waals surface area contributed by atoms with Crippen molar-refractivity contribution in [3.63, 3.8) is 0 Å². The third-order valence-electron chi connectivity index (χ3n) is 7.59. The standard InChI is InChI=1S/C33H36F4O/c1-3-5-6-7-8-9-10-24-16-18-27(31(35)30(24)34)22-11-13-23(14-12-22)28-19-20-29(33(37)32(28)36)25-15-17-26(4-2)38-21-25/h4,11-14,16,18-20,25-26H,2-3,5-10,15,17,21H2,1H3. The van der Waals surface area contributed by atoms with Crippen molar-refractivity contribution in [1.82, 2.24) is 0 Å². The minimum Gasteiger partial charge on any atom is -0.374 e. The van der Waals surface area contributed by atoms with Crippen LogP contribution in [0.4, 0.5) is 17.6 Å². The quantitative estimate of drug-likeness (QED) is 0.138. The van der Waals surface area contributed by atoms with E-state index < -0.39 is 23.3 Å². The summed E-state index contributed by atoms with van der Waals surface area (Å²) in [7, 11) is 0. The van der Waals surface area contributed by atoms with E-state index in [9.17, 15) is 8.78 Å². The van der Waals surface area contributed by atoms with E-state index in [1.807, 2.05) is 0 Å². The van der Waals surface area contributed by atoms with Crippen LogP contribution in [0.5, 0.6) is 0 Å². The van der Waals surface area contributed by atoms with Crippen molar-refractivity contribution in [2.45, 2.75) is 76.7 Å². The van der Waals surface area contributed by atoms with Gasteiger partial charge in [0.05, 0.1) is 12.7 Å². The Labute approximate surface area is 223 Å². The Hall–Kier alpha value is -2.92. The molecule has 0 aromatic heterocycles. The van der Waals surface area contributed by atoms with Gasteiger partial charge < -0.3 is 4.74 Å². The first-order valence-corrected chi connectivity index (χ1v) is 13.7. The molecule has 3 aromatic carbocycles. The maximum absolute atomic E-state index is 15.1. The molecule has 1 aliphatic heterocycles. The van der Waals surface area contributed by atoms with Crippen LogP contribution in [0.1, 0.15) is 75.3 Å². The van der Waals surface area contributed by atoms with E-state index in [2.05, 4.69) is 13.5 Å². The molecule has 0 amide bonds. The van der Waals surface area contributed by atoms with Crippen molar-refractivity contribution in [2.24, 2.45) is 0 Å². The van der Waals surface area contributed by atoms with Gasteiger partial charge in [-0.15, -0.1) is 6.58 Å². The summed E-state index contributed by atoms with van der Waals surface area (Å²) in [5.74, 6) is -3.69. The Morgan fingerprint density at radius 2 is 1.34 bits per heavy atom. The summed E-state index contributed by atoms with van der Waals surface area (Å²) < 4.78 is 65.5. The van der Waals surface area contributed by atoms with Crippen molar-refractivity contribution in [2.75, 3.05) is 6.61 Å². The van der Waals surface area contributed by atoms with Gasteiger partial charge >= 0.3 is 0 Å². The Morgan fingerprint density at radius 3 is 1.95 bits per heavy atom. The van der Waals surface area contributed by atoms with Gasteiger partial charge in [-0.3, -0.25) is 0 Å². The van der Waals surface area contributed by atoms with Gasteiger partial charge in [0, 0.05) is 17.0 Å². The van der Waals surface area contributed by atoms with Gasteiger partial charge in [-0.05, 0) is 47.9 Å². The highest BCUT2D eigenvalue weighted by Gasteiger charge is 2.26. The maximum atomic E-state index is 15.1. The molecule has 0 saturated carbocycles. The molecule has 1 nitrogen and oxygen atoms in total. The fourth-order valence-electron chi connectivity index (χ4n) is 5.24. The van der Waals surface area contributed by atoms with E-state index in [0.717, 1.165) is 25.7 Å². The second-order valence-electron chi connectivity index (χ2n) is 10.2. The van der Waals surface area contributed by atoms with Gasteiger partial charge in [-0.25, -0.2) is 17.6 Å². The second-order valence-corrected chi connectivity index (χ2v) is 10.2. The number of benzene rings is 3. The molecule has 1 heterocycles. The molecule has 202 valence electrons. The number of unbranched alkanes of at least 4 members (excludes halogenated alkanes) is 5. The van der Waals surface area contributed by atoms with Crippen LogP contribution in [-0.2, 0) is 11.2 Å². The van der Waals surface area contributed by atoms with Gasteiger partial charge in [-0.2, -0.15) is 0 Å². The molecule has 0 aliphatic carbocycles. The summed E-state index contributed by atoms with van der Waals surface area (Å²) in [5.41, 5.74) is 1.91. The molecular formula is C33H36F4O. The van der Waals surface area contributed by atoms with E-state index in [1.165, 1.54) is 19.3 Å². The lowest BCUT2D eigenvalue weighted by Gasteiger charge is -2.28. The van der Waals surface area contributed by atoms with Crippen molar-refractivity contribution < 1.29 is 22.3 Å². The molecule has 1 aliphatic rings. The molecule has 38 heavy (non-hydrogen) atoms. The van der Waals surface area contributed by atoms with Gasteiger partial charge in [0.1, 0.15) is 0 Å². The summed E-state index contributed by atoms with van der Waals surface area (Å²) in [4.78, 5) is 0. The molecule has 1 saturated heterocycles. The number of halogens is 4. The van der Waals surface area contributed by atoms with Gasteiger partial charge in [0.25, 0.3) is 0 Å². The van der Waals surface area contributed by atoms with Crippen LogP contribution in [0.15, 0.2) is 61.2 Å². The average Bonchev–Trinajstić information content (AvgIpc) is 2.94. The van der Waals surface area contributed by atoms with Crippen molar-refractivity contribution in [3.8, 4) is 22.3 Å². The molecule has 5 heteroatoms. The third kappa shape index (κ3) is 6.37. The first-order valence-electron chi connectivity index (χ1n) is 13.7. The zero-order valence-electron chi connectivity index (χ0n) is 22.0. The van der Waals surface area contributed by atoms with Crippen molar-refractivity contribution in [1.29, 1.82) is 0 Å². The number of hydrogen-bond acceptors (Lipinski definition) is 1. The molecular weight excluding hydrogens is 488 g/mol. The topological polar surface area (TPSA) is 9.23 Å². The first kappa shape index (κ1) is 28.1. The van der Waals surface area contributed by atoms with E-state index in [-0.39, 0.29) is 23.1 Å². The lowest BCUT2D eigenvalue weighted by atomic mass is 9.89. The molecule has 4 rings (SSSR count). The normalized spacial score (nSPS) is 17.5. The SMILES string of the molecule is C=CC1CCC(c2ccc(-c3ccc(-c4ccc(CCCCCCCC)c(F)c4F)cc3)c(F)c2F)CO1. The monoisotopic (exact) mass is 524 g/mol. The molecule has 0 radical (unpaired) electrons. The Kier molecular flexibility index (Phi) is 9.79. The zero-order chi connectivity index (χ0) is 27.1.